The zero-order valence-electron chi connectivity index (χ0n) is 8.41. The van der Waals surface area contributed by atoms with Crippen LogP contribution < -0.4 is 0 Å². The predicted octanol–water partition coefficient (Wildman–Crippen LogP) is 1.11. The van der Waals surface area contributed by atoms with Crippen LogP contribution in [0, 0.1) is 0 Å². The van der Waals surface area contributed by atoms with Gasteiger partial charge in [-0.2, -0.15) is 0 Å². The first kappa shape index (κ1) is 11.9. The van der Waals surface area contributed by atoms with Crippen molar-refractivity contribution in [3.63, 3.8) is 0 Å². The minimum absolute atomic E-state index is 0.0104. The maximum absolute atomic E-state index is 11.3. The lowest BCUT2D eigenvalue weighted by molar-refractivity contribution is -0.140. The molecule has 0 aliphatic rings. The molecule has 0 spiro atoms. The molecule has 0 saturated carbocycles. The van der Waals surface area contributed by atoms with Crippen LogP contribution in [0.4, 0.5) is 0 Å². The molecule has 0 aromatic rings. The van der Waals surface area contributed by atoms with Crippen LogP contribution in [0.5, 0.6) is 0 Å². The number of rotatable bonds is 5. The highest BCUT2D eigenvalue weighted by Crippen LogP contribution is 2.05. The minimum Gasteiger partial charge on any atom is -0.481 e. The minimum atomic E-state index is -0.866. The number of carboxylic acid groups (broad SMARTS) is 1. The third-order valence-corrected chi connectivity index (χ3v) is 1.97. The topological polar surface area (TPSA) is 57.6 Å². The van der Waals surface area contributed by atoms with Gasteiger partial charge in [0.2, 0.25) is 5.91 Å². The second-order valence-corrected chi connectivity index (χ2v) is 2.98. The smallest absolute Gasteiger partial charge is 0.305 e. The van der Waals surface area contributed by atoms with E-state index in [1.807, 2.05) is 6.92 Å². The fourth-order valence-corrected chi connectivity index (χ4v) is 1.30. The SMILES string of the molecule is CCC(=O)N(CC)C(C)CC(=O)O. The summed E-state index contributed by atoms with van der Waals surface area (Å²) in [6.45, 7) is 5.96. The van der Waals surface area contributed by atoms with E-state index in [1.165, 1.54) is 0 Å². The van der Waals surface area contributed by atoms with Crippen LogP contribution in [0.2, 0.25) is 0 Å². The van der Waals surface area contributed by atoms with E-state index in [4.69, 9.17) is 5.11 Å². The van der Waals surface area contributed by atoms with Gasteiger partial charge in [-0.3, -0.25) is 9.59 Å². The van der Waals surface area contributed by atoms with Gasteiger partial charge < -0.3 is 10.0 Å². The molecule has 1 amide bonds. The molecule has 76 valence electrons. The second kappa shape index (κ2) is 5.56. The number of carbonyl (C=O) groups is 2. The van der Waals surface area contributed by atoms with Crippen LogP contribution in [0.25, 0.3) is 0 Å². The highest BCUT2D eigenvalue weighted by molar-refractivity contribution is 5.77. The van der Waals surface area contributed by atoms with Crippen LogP contribution in [0.3, 0.4) is 0 Å². The summed E-state index contributed by atoms with van der Waals surface area (Å²) in [6.07, 6.45) is 0.442. The Labute approximate surface area is 78.5 Å². The van der Waals surface area contributed by atoms with Crippen LogP contribution in [-0.4, -0.2) is 34.5 Å². The molecule has 0 rings (SSSR count). The molecule has 1 N–H and O–H groups in total. The zero-order chi connectivity index (χ0) is 10.4. The molecule has 0 aromatic carbocycles. The van der Waals surface area contributed by atoms with Gasteiger partial charge in [0.1, 0.15) is 0 Å². The summed E-state index contributed by atoms with van der Waals surface area (Å²) in [5.74, 6) is -0.855. The molecule has 1 unspecified atom stereocenters. The lowest BCUT2D eigenvalue weighted by atomic mass is 10.2. The van der Waals surface area contributed by atoms with E-state index < -0.39 is 5.97 Å². The number of hydrogen-bond acceptors (Lipinski definition) is 2. The van der Waals surface area contributed by atoms with Crippen molar-refractivity contribution >= 4 is 11.9 Å². The lowest BCUT2D eigenvalue weighted by Gasteiger charge is -2.26. The van der Waals surface area contributed by atoms with Gasteiger partial charge in [-0.25, -0.2) is 0 Å². The second-order valence-electron chi connectivity index (χ2n) is 2.98. The molecule has 13 heavy (non-hydrogen) atoms. The Morgan fingerprint density at radius 3 is 2.23 bits per heavy atom. The molecule has 0 aromatic heterocycles. The summed E-state index contributed by atoms with van der Waals surface area (Å²) in [4.78, 5) is 23.3. The molecule has 0 fully saturated rings. The number of aliphatic carboxylic acids is 1. The van der Waals surface area contributed by atoms with Crippen molar-refractivity contribution in [1.29, 1.82) is 0 Å². The van der Waals surface area contributed by atoms with Crippen molar-refractivity contribution in [3.05, 3.63) is 0 Å². The number of carbonyl (C=O) groups excluding carboxylic acids is 1. The van der Waals surface area contributed by atoms with Crippen molar-refractivity contribution in [2.45, 2.75) is 39.7 Å². The average molecular weight is 187 g/mol. The number of carboxylic acids is 1. The van der Waals surface area contributed by atoms with E-state index in [-0.39, 0.29) is 18.4 Å². The zero-order valence-corrected chi connectivity index (χ0v) is 8.41. The summed E-state index contributed by atoms with van der Waals surface area (Å²) < 4.78 is 0. The molecular weight excluding hydrogens is 170 g/mol. The van der Waals surface area contributed by atoms with Gasteiger partial charge in [0.25, 0.3) is 0 Å². The fraction of sp³-hybridized carbons (Fsp3) is 0.778. The van der Waals surface area contributed by atoms with Gasteiger partial charge in [-0.05, 0) is 13.8 Å². The quantitative estimate of drug-likeness (QED) is 0.701. The summed E-state index contributed by atoms with van der Waals surface area (Å²) in [6, 6.07) is -0.213. The third kappa shape index (κ3) is 3.92. The molecule has 0 saturated heterocycles. The van der Waals surface area contributed by atoms with Gasteiger partial charge in [0.15, 0.2) is 0 Å². The summed E-state index contributed by atoms with van der Waals surface area (Å²) in [5, 5.41) is 8.54. The van der Waals surface area contributed by atoms with E-state index in [2.05, 4.69) is 0 Å². The van der Waals surface area contributed by atoms with Gasteiger partial charge in [-0.15, -0.1) is 0 Å². The standard InChI is InChI=1S/C9H17NO3/c1-4-8(11)10(5-2)7(3)6-9(12)13/h7H,4-6H2,1-3H3,(H,12,13). The van der Waals surface area contributed by atoms with Crippen molar-refractivity contribution in [2.75, 3.05) is 6.54 Å². The third-order valence-electron chi connectivity index (χ3n) is 1.97. The van der Waals surface area contributed by atoms with E-state index >= 15 is 0 Å². The Kier molecular flexibility index (Phi) is 5.11. The maximum atomic E-state index is 11.3. The first-order valence-electron chi connectivity index (χ1n) is 4.54. The molecular formula is C9H17NO3. The Morgan fingerprint density at radius 1 is 1.38 bits per heavy atom. The highest BCUT2D eigenvalue weighted by atomic mass is 16.4. The van der Waals surface area contributed by atoms with E-state index in [9.17, 15) is 9.59 Å². The number of amides is 1. The highest BCUT2D eigenvalue weighted by Gasteiger charge is 2.18. The maximum Gasteiger partial charge on any atom is 0.305 e. The van der Waals surface area contributed by atoms with Gasteiger partial charge in [-0.1, -0.05) is 6.92 Å². The van der Waals surface area contributed by atoms with Crippen molar-refractivity contribution in [3.8, 4) is 0 Å². The molecule has 0 heterocycles. The first-order chi connectivity index (χ1) is 6.02. The Morgan fingerprint density at radius 2 is 1.92 bits per heavy atom. The van der Waals surface area contributed by atoms with Gasteiger partial charge >= 0.3 is 5.97 Å². The van der Waals surface area contributed by atoms with Gasteiger partial charge in [0.05, 0.1) is 6.42 Å². The molecule has 0 radical (unpaired) electrons. The van der Waals surface area contributed by atoms with Crippen molar-refractivity contribution < 1.29 is 14.7 Å². The molecule has 0 aliphatic carbocycles. The van der Waals surface area contributed by atoms with Gasteiger partial charge in [0, 0.05) is 19.0 Å². The number of hydrogen-bond donors (Lipinski definition) is 1. The number of nitrogens with zero attached hydrogens (tertiary/aromatic N) is 1. The monoisotopic (exact) mass is 187 g/mol. The van der Waals surface area contributed by atoms with Crippen LogP contribution >= 0.6 is 0 Å². The predicted molar refractivity (Wildman–Crippen MR) is 49.4 cm³/mol. The Bertz CT molecular complexity index is 191. The van der Waals surface area contributed by atoms with E-state index in [0.29, 0.717) is 13.0 Å². The molecule has 4 heteroatoms. The lowest BCUT2D eigenvalue weighted by Crippen LogP contribution is -2.39. The average Bonchev–Trinajstić information content (AvgIpc) is 2.03. The Hall–Kier alpha value is -1.06. The normalized spacial score (nSPS) is 12.2. The summed E-state index contributed by atoms with van der Waals surface area (Å²) >= 11 is 0. The van der Waals surface area contributed by atoms with E-state index in [1.54, 1.807) is 18.7 Å². The van der Waals surface area contributed by atoms with Crippen molar-refractivity contribution in [1.82, 2.24) is 4.90 Å². The summed E-state index contributed by atoms with van der Waals surface area (Å²) in [7, 11) is 0. The summed E-state index contributed by atoms with van der Waals surface area (Å²) in [5.41, 5.74) is 0. The Balaban J connectivity index is 4.22. The molecule has 0 bridgehead atoms. The first-order valence-corrected chi connectivity index (χ1v) is 4.54. The van der Waals surface area contributed by atoms with Crippen LogP contribution in [0.1, 0.15) is 33.6 Å². The largest absolute Gasteiger partial charge is 0.481 e. The van der Waals surface area contributed by atoms with Crippen LogP contribution in [0.15, 0.2) is 0 Å². The van der Waals surface area contributed by atoms with Crippen molar-refractivity contribution in [2.24, 2.45) is 0 Å². The molecule has 0 aliphatic heterocycles. The molecule has 1 atom stereocenters. The molecule has 4 nitrogen and oxygen atoms in total. The van der Waals surface area contributed by atoms with E-state index in [0.717, 1.165) is 0 Å². The fourth-order valence-electron chi connectivity index (χ4n) is 1.30. The van der Waals surface area contributed by atoms with Crippen LogP contribution in [-0.2, 0) is 9.59 Å².